The predicted molar refractivity (Wildman–Crippen MR) is 103 cm³/mol. The fraction of sp³-hybridized carbons (Fsp3) is 0.333. The number of anilines is 2. The lowest BCUT2D eigenvalue weighted by molar-refractivity contribution is -0.915. The summed E-state index contributed by atoms with van der Waals surface area (Å²) in [6, 6.07) is 13.4. The first-order valence-corrected chi connectivity index (χ1v) is 9.43. The first-order chi connectivity index (χ1) is 13.6. The van der Waals surface area contributed by atoms with E-state index in [-0.39, 0.29) is 23.9 Å². The van der Waals surface area contributed by atoms with Crippen LogP contribution in [0.3, 0.4) is 0 Å². The number of para-hydroxylation sites is 1. The topological polar surface area (TPSA) is 54.3 Å². The zero-order valence-electron chi connectivity index (χ0n) is 15.7. The molecule has 0 saturated carbocycles. The Labute approximate surface area is 163 Å². The summed E-state index contributed by atoms with van der Waals surface area (Å²) in [4.78, 5) is 29.7. The lowest BCUT2D eigenvalue weighted by Crippen LogP contribution is -3.19. The van der Waals surface area contributed by atoms with E-state index >= 15 is 0 Å². The van der Waals surface area contributed by atoms with E-state index in [0.29, 0.717) is 0 Å². The van der Waals surface area contributed by atoms with Gasteiger partial charge in [0.25, 0.3) is 5.91 Å². The maximum atomic E-state index is 14.1. The molecule has 0 aromatic heterocycles. The number of imide groups is 1. The van der Waals surface area contributed by atoms with Crippen molar-refractivity contribution in [3.63, 3.8) is 0 Å². The Hall–Kier alpha value is -2.93. The zero-order valence-corrected chi connectivity index (χ0v) is 15.7. The van der Waals surface area contributed by atoms with E-state index < -0.39 is 11.9 Å². The molecule has 4 rings (SSSR count). The van der Waals surface area contributed by atoms with Crippen molar-refractivity contribution in [2.24, 2.45) is 0 Å². The van der Waals surface area contributed by atoms with Crippen LogP contribution in [0.2, 0.25) is 0 Å². The monoisotopic (exact) mass is 384 g/mol. The number of benzene rings is 2. The van der Waals surface area contributed by atoms with Crippen LogP contribution in [0.15, 0.2) is 48.5 Å². The summed E-state index contributed by atoms with van der Waals surface area (Å²) in [6.45, 7) is 3.08. The van der Waals surface area contributed by atoms with Crippen molar-refractivity contribution in [3.8, 4) is 5.75 Å². The molecule has 2 aliphatic rings. The molecule has 1 N–H and O–H groups in total. The van der Waals surface area contributed by atoms with Gasteiger partial charge in [0.1, 0.15) is 11.6 Å². The Kier molecular flexibility index (Phi) is 5.00. The molecule has 1 atom stereocenters. The van der Waals surface area contributed by atoms with Gasteiger partial charge >= 0.3 is 0 Å². The van der Waals surface area contributed by atoms with E-state index in [1.807, 2.05) is 24.3 Å². The number of carbonyl (C=O) groups excluding carboxylic acids is 2. The number of hydrogen-bond acceptors (Lipinski definition) is 4. The van der Waals surface area contributed by atoms with Crippen LogP contribution in [0, 0.1) is 5.82 Å². The first-order valence-electron chi connectivity index (χ1n) is 9.43. The molecular formula is C21H23FN3O3+. The second-order valence-corrected chi connectivity index (χ2v) is 7.12. The fourth-order valence-corrected chi connectivity index (χ4v) is 4.03. The van der Waals surface area contributed by atoms with Crippen LogP contribution < -0.4 is 19.4 Å². The molecular weight excluding hydrogens is 361 g/mol. The van der Waals surface area contributed by atoms with E-state index in [2.05, 4.69) is 4.90 Å². The van der Waals surface area contributed by atoms with Gasteiger partial charge in [-0.05, 0) is 36.4 Å². The average molecular weight is 384 g/mol. The van der Waals surface area contributed by atoms with Crippen molar-refractivity contribution in [3.05, 3.63) is 54.3 Å². The van der Waals surface area contributed by atoms with Crippen LogP contribution in [-0.2, 0) is 9.59 Å². The van der Waals surface area contributed by atoms with Crippen LogP contribution in [0.1, 0.15) is 6.42 Å². The molecule has 2 amide bonds. The Morgan fingerprint density at radius 2 is 1.71 bits per heavy atom. The summed E-state index contributed by atoms with van der Waals surface area (Å²) in [5.41, 5.74) is 1.16. The van der Waals surface area contributed by atoms with Gasteiger partial charge in [-0.25, -0.2) is 9.29 Å². The third-order valence-electron chi connectivity index (χ3n) is 5.58. The van der Waals surface area contributed by atoms with E-state index in [9.17, 15) is 14.0 Å². The standard InChI is InChI=1S/C21H22FN3O3/c1-28-16-8-6-15(7-9-16)23-10-12-24(13-11-23)19-14-20(26)25(21(19)27)18-5-3-2-4-17(18)22/h2-9,19H,10-14H2,1H3/p+1/t19-/m1/s1. The van der Waals surface area contributed by atoms with Crippen LogP contribution in [0.25, 0.3) is 0 Å². The summed E-state index contributed by atoms with van der Waals surface area (Å²) < 4.78 is 19.3. The smallest absolute Gasteiger partial charge is 0.292 e. The van der Waals surface area contributed by atoms with Crippen LogP contribution in [-0.4, -0.2) is 51.1 Å². The van der Waals surface area contributed by atoms with Crippen LogP contribution >= 0.6 is 0 Å². The molecule has 2 fully saturated rings. The highest BCUT2D eigenvalue weighted by molar-refractivity contribution is 6.21. The van der Waals surface area contributed by atoms with Gasteiger partial charge in [0.05, 0.1) is 45.4 Å². The van der Waals surface area contributed by atoms with E-state index in [1.54, 1.807) is 19.2 Å². The third kappa shape index (κ3) is 3.33. The van der Waals surface area contributed by atoms with Gasteiger partial charge < -0.3 is 14.5 Å². The Balaban J connectivity index is 1.43. The summed E-state index contributed by atoms with van der Waals surface area (Å²) in [6.07, 6.45) is 0.130. The number of hydrogen-bond donors (Lipinski definition) is 1. The Bertz CT molecular complexity index is 879. The molecule has 28 heavy (non-hydrogen) atoms. The molecule has 0 unspecified atom stereocenters. The molecule has 2 saturated heterocycles. The number of quaternary nitrogens is 1. The number of piperazine rings is 1. The average Bonchev–Trinajstić information content (AvgIpc) is 3.03. The van der Waals surface area contributed by atoms with Gasteiger partial charge in [-0.1, -0.05) is 12.1 Å². The van der Waals surface area contributed by atoms with E-state index in [0.717, 1.165) is 47.4 Å². The molecule has 0 bridgehead atoms. The Morgan fingerprint density at radius 1 is 1.04 bits per heavy atom. The van der Waals surface area contributed by atoms with E-state index in [1.165, 1.54) is 12.1 Å². The molecule has 0 spiro atoms. The number of nitrogens with zero attached hydrogens (tertiary/aromatic N) is 2. The van der Waals surface area contributed by atoms with E-state index in [4.69, 9.17) is 4.74 Å². The normalized spacial score (nSPS) is 20.7. The molecule has 146 valence electrons. The van der Waals surface area contributed by atoms with Gasteiger partial charge in [0.2, 0.25) is 5.91 Å². The van der Waals surface area contributed by atoms with Gasteiger partial charge in [-0.2, -0.15) is 0 Å². The van der Waals surface area contributed by atoms with Crippen molar-refractivity contribution in [2.75, 3.05) is 43.1 Å². The lowest BCUT2D eigenvalue weighted by Gasteiger charge is -2.35. The highest BCUT2D eigenvalue weighted by atomic mass is 19.1. The number of nitrogens with one attached hydrogen (secondary N) is 1. The second kappa shape index (κ2) is 7.59. The number of methoxy groups -OCH3 is 1. The first kappa shape index (κ1) is 18.4. The second-order valence-electron chi connectivity index (χ2n) is 7.12. The molecule has 2 aromatic carbocycles. The molecule has 6 nitrogen and oxygen atoms in total. The predicted octanol–water partition coefficient (Wildman–Crippen LogP) is 0.871. The number of ether oxygens (including phenoxy) is 1. The molecule has 2 heterocycles. The van der Waals surface area contributed by atoms with Crippen molar-refractivity contribution in [1.82, 2.24) is 0 Å². The summed E-state index contributed by atoms with van der Waals surface area (Å²) >= 11 is 0. The molecule has 0 aliphatic carbocycles. The number of amides is 2. The van der Waals surface area contributed by atoms with Crippen molar-refractivity contribution < 1.29 is 23.6 Å². The van der Waals surface area contributed by atoms with Crippen LogP contribution in [0.5, 0.6) is 5.75 Å². The summed E-state index contributed by atoms with van der Waals surface area (Å²) in [5, 5.41) is 0. The number of carbonyl (C=O) groups is 2. The maximum Gasteiger partial charge on any atom is 0.292 e. The van der Waals surface area contributed by atoms with Crippen molar-refractivity contribution in [1.29, 1.82) is 0 Å². The van der Waals surface area contributed by atoms with Gasteiger partial charge in [0.15, 0.2) is 6.04 Å². The lowest BCUT2D eigenvalue weighted by atomic mass is 10.1. The fourth-order valence-electron chi connectivity index (χ4n) is 4.03. The molecule has 0 radical (unpaired) electrons. The van der Waals surface area contributed by atoms with Gasteiger partial charge in [0, 0.05) is 5.69 Å². The minimum atomic E-state index is -0.552. The molecule has 7 heteroatoms. The minimum absolute atomic E-state index is 0.0521. The quantitative estimate of drug-likeness (QED) is 0.795. The van der Waals surface area contributed by atoms with Crippen LogP contribution in [0.4, 0.5) is 15.8 Å². The van der Waals surface area contributed by atoms with Crippen molar-refractivity contribution in [2.45, 2.75) is 12.5 Å². The highest BCUT2D eigenvalue weighted by Crippen LogP contribution is 2.25. The highest BCUT2D eigenvalue weighted by Gasteiger charge is 2.47. The van der Waals surface area contributed by atoms with Crippen molar-refractivity contribution >= 4 is 23.2 Å². The maximum absolute atomic E-state index is 14.1. The molecule has 2 aliphatic heterocycles. The number of rotatable bonds is 4. The zero-order chi connectivity index (χ0) is 19.7. The summed E-state index contributed by atoms with van der Waals surface area (Å²) in [7, 11) is 1.64. The Morgan fingerprint density at radius 3 is 2.36 bits per heavy atom. The minimum Gasteiger partial charge on any atom is -0.497 e. The molecule has 2 aromatic rings. The number of halogens is 1. The SMILES string of the molecule is COc1ccc(N2CC[NH+]([C@@H]3CC(=O)N(c4ccccc4F)C3=O)CC2)cc1. The van der Waals surface area contributed by atoms with Gasteiger partial charge in [-0.15, -0.1) is 0 Å². The largest absolute Gasteiger partial charge is 0.497 e. The van der Waals surface area contributed by atoms with Gasteiger partial charge in [-0.3, -0.25) is 9.59 Å². The third-order valence-corrected chi connectivity index (χ3v) is 5.58. The summed E-state index contributed by atoms with van der Waals surface area (Å²) in [5.74, 6) is -0.367.